The van der Waals surface area contributed by atoms with Crippen LogP contribution in [0.5, 0.6) is 0 Å². The first-order valence-corrected chi connectivity index (χ1v) is 6.00. The van der Waals surface area contributed by atoms with E-state index in [-0.39, 0.29) is 0 Å². The van der Waals surface area contributed by atoms with Gasteiger partial charge in [0, 0.05) is 18.1 Å². The smallest absolute Gasteiger partial charge is 0.234 e. The summed E-state index contributed by atoms with van der Waals surface area (Å²) in [6.07, 6.45) is -0.240. The SMILES string of the molecule is NC(=O)C1CC(O)CN1Cc1ccc(F)cc1Cl. The van der Waals surface area contributed by atoms with E-state index in [2.05, 4.69) is 0 Å². The molecule has 1 saturated heterocycles. The monoisotopic (exact) mass is 272 g/mol. The van der Waals surface area contributed by atoms with Crippen molar-refractivity contribution in [1.82, 2.24) is 4.90 Å². The number of aliphatic hydroxyl groups excluding tert-OH is 1. The fourth-order valence-corrected chi connectivity index (χ4v) is 2.45. The number of rotatable bonds is 3. The maximum Gasteiger partial charge on any atom is 0.234 e. The van der Waals surface area contributed by atoms with Gasteiger partial charge in [-0.1, -0.05) is 17.7 Å². The molecule has 1 fully saturated rings. The minimum atomic E-state index is -0.568. The van der Waals surface area contributed by atoms with Crippen LogP contribution in [0.2, 0.25) is 5.02 Å². The molecule has 0 saturated carbocycles. The molecule has 18 heavy (non-hydrogen) atoms. The van der Waals surface area contributed by atoms with Crippen LogP contribution in [0.4, 0.5) is 4.39 Å². The number of nitrogens with zero attached hydrogens (tertiary/aromatic N) is 1. The molecule has 0 radical (unpaired) electrons. The van der Waals surface area contributed by atoms with Gasteiger partial charge < -0.3 is 10.8 Å². The Kier molecular flexibility index (Phi) is 3.85. The van der Waals surface area contributed by atoms with Gasteiger partial charge in [0.25, 0.3) is 0 Å². The van der Waals surface area contributed by atoms with Crippen LogP contribution in [0.1, 0.15) is 12.0 Å². The molecule has 98 valence electrons. The van der Waals surface area contributed by atoms with Crippen LogP contribution in [0.25, 0.3) is 0 Å². The summed E-state index contributed by atoms with van der Waals surface area (Å²) in [6, 6.07) is 3.61. The number of β-amino-alcohol motifs (C(OH)–C–C–N with tert-alkyl or cyclic N) is 1. The molecule has 1 amide bonds. The molecule has 2 unspecified atom stereocenters. The first-order chi connectivity index (χ1) is 8.47. The summed E-state index contributed by atoms with van der Waals surface area (Å²) in [7, 11) is 0. The van der Waals surface area contributed by atoms with E-state index >= 15 is 0 Å². The summed E-state index contributed by atoms with van der Waals surface area (Å²) >= 11 is 5.93. The summed E-state index contributed by atoms with van der Waals surface area (Å²) in [5.41, 5.74) is 5.99. The summed E-state index contributed by atoms with van der Waals surface area (Å²) in [5, 5.41) is 9.87. The Labute approximate surface area is 109 Å². The number of halogens is 2. The maximum atomic E-state index is 12.9. The average molecular weight is 273 g/mol. The molecule has 1 heterocycles. The summed E-state index contributed by atoms with van der Waals surface area (Å²) in [4.78, 5) is 13.0. The van der Waals surface area contributed by atoms with Gasteiger partial charge in [0.15, 0.2) is 0 Å². The van der Waals surface area contributed by atoms with Gasteiger partial charge in [-0.25, -0.2) is 4.39 Å². The van der Waals surface area contributed by atoms with Crippen molar-refractivity contribution < 1.29 is 14.3 Å². The Morgan fingerprint density at radius 2 is 2.33 bits per heavy atom. The Hall–Kier alpha value is -1.17. The van der Waals surface area contributed by atoms with Crippen molar-refractivity contribution in [1.29, 1.82) is 0 Å². The number of primary amides is 1. The zero-order chi connectivity index (χ0) is 13.3. The number of hydrogen-bond acceptors (Lipinski definition) is 3. The molecule has 1 aromatic carbocycles. The molecule has 6 heteroatoms. The Bertz CT molecular complexity index is 469. The number of carbonyl (C=O) groups is 1. The van der Waals surface area contributed by atoms with Crippen molar-refractivity contribution in [3.05, 3.63) is 34.6 Å². The van der Waals surface area contributed by atoms with Crippen LogP contribution in [0, 0.1) is 5.82 Å². The van der Waals surface area contributed by atoms with Crippen LogP contribution < -0.4 is 5.73 Å². The van der Waals surface area contributed by atoms with Crippen LogP contribution in [-0.4, -0.2) is 34.6 Å². The molecular formula is C12H14ClFN2O2. The number of likely N-dealkylation sites (tertiary alicyclic amines) is 1. The van der Waals surface area contributed by atoms with Gasteiger partial charge in [-0.15, -0.1) is 0 Å². The minimum Gasteiger partial charge on any atom is -0.392 e. The lowest BCUT2D eigenvalue weighted by atomic mass is 10.1. The predicted molar refractivity (Wildman–Crippen MR) is 65.4 cm³/mol. The van der Waals surface area contributed by atoms with Gasteiger partial charge >= 0.3 is 0 Å². The van der Waals surface area contributed by atoms with Crippen LogP contribution in [0.3, 0.4) is 0 Å². The van der Waals surface area contributed by atoms with Gasteiger partial charge in [-0.2, -0.15) is 0 Å². The van der Waals surface area contributed by atoms with Gasteiger partial charge in [0.05, 0.1) is 12.1 Å². The molecule has 0 bridgehead atoms. The van der Waals surface area contributed by atoms with Crippen molar-refractivity contribution in [2.75, 3.05) is 6.54 Å². The van der Waals surface area contributed by atoms with Gasteiger partial charge in [0.1, 0.15) is 5.82 Å². The second-order valence-electron chi connectivity index (χ2n) is 4.47. The first-order valence-electron chi connectivity index (χ1n) is 5.62. The second kappa shape index (κ2) is 5.22. The minimum absolute atomic E-state index is 0.305. The molecule has 2 atom stereocenters. The van der Waals surface area contributed by atoms with Gasteiger partial charge in [-0.3, -0.25) is 9.69 Å². The predicted octanol–water partition coefficient (Wildman–Crippen LogP) is 0.900. The standard InChI is InChI=1S/C12H14ClFN2O2/c13-10-3-8(14)2-1-7(10)5-16-6-9(17)4-11(16)12(15)18/h1-3,9,11,17H,4-6H2,(H2,15,18). The number of amides is 1. The fourth-order valence-electron chi connectivity index (χ4n) is 2.22. The lowest BCUT2D eigenvalue weighted by Gasteiger charge is -2.21. The number of aliphatic hydroxyl groups is 1. The third kappa shape index (κ3) is 2.80. The molecule has 0 aliphatic carbocycles. The van der Waals surface area contributed by atoms with Crippen LogP contribution >= 0.6 is 11.6 Å². The summed E-state index contributed by atoms with van der Waals surface area (Å²) < 4.78 is 12.9. The molecule has 1 aromatic rings. The highest BCUT2D eigenvalue weighted by Gasteiger charge is 2.34. The topological polar surface area (TPSA) is 66.6 Å². The number of carbonyl (C=O) groups excluding carboxylic acids is 1. The first kappa shape index (κ1) is 13.3. The average Bonchev–Trinajstić information content (AvgIpc) is 2.64. The molecule has 0 spiro atoms. The van der Waals surface area contributed by atoms with Crippen molar-refractivity contribution >= 4 is 17.5 Å². The van der Waals surface area contributed by atoms with Gasteiger partial charge in [-0.05, 0) is 24.1 Å². The fraction of sp³-hybridized carbons (Fsp3) is 0.417. The van der Waals surface area contributed by atoms with E-state index in [1.165, 1.54) is 12.1 Å². The highest BCUT2D eigenvalue weighted by Crippen LogP contribution is 2.24. The number of benzene rings is 1. The largest absolute Gasteiger partial charge is 0.392 e. The van der Waals surface area contributed by atoms with E-state index in [9.17, 15) is 14.3 Å². The zero-order valence-corrected chi connectivity index (χ0v) is 10.4. The molecular weight excluding hydrogens is 259 g/mol. The highest BCUT2D eigenvalue weighted by molar-refractivity contribution is 6.31. The highest BCUT2D eigenvalue weighted by atomic mass is 35.5. The molecule has 0 aromatic heterocycles. The second-order valence-corrected chi connectivity index (χ2v) is 4.88. The van der Waals surface area contributed by atoms with Crippen molar-refractivity contribution in [3.8, 4) is 0 Å². The normalized spacial score (nSPS) is 24.4. The maximum absolute atomic E-state index is 12.9. The third-order valence-corrected chi connectivity index (χ3v) is 3.45. The third-order valence-electron chi connectivity index (χ3n) is 3.10. The Morgan fingerprint density at radius 1 is 1.61 bits per heavy atom. The summed E-state index contributed by atoms with van der Waals surface area (Å²) in [6.45, 7) is 0.727. The van der Waals surface area contributed by atoms with E-state index in [0.29, 0.717) is 30.1 Å². The van der Waals surface area contributed by atoms with E-state index in [4.69, 9.17) is 17.3 Å². The molecule has 4 nitrogen and oxygen atoms in total. The van der Waals surface area contributed by atoms with Crippen molar-refractivity contribution in [2.45, 2.75) is 25.1 Å². The Balaban J connectivity index is 2.15. The quantitative estimate of drug-likeness (QED) is 0.859. The van der Waals surface area contributed by atoms with E-state index < -0.39 is 23.9 Å². The van der Waals surface area contributed by atoms with Gasteiger partial charge in [0.2, 0.25) is 5.91 Å². The van der Waals surface area contributed by atoms with Crippen molar-refractivity contribution in [3.63, 3.8) is 0 Å². The van der Waals surface area contributed by atoms with E-state index in [1.54, 1.807) is 11.0 Å². The molecule has 2 rings (SSSR count). The number of hydrogen-bond donors (Lipinski definition) is 2. The molecule has 1 aliphatic rings. The lowest BCUT2D eigenvalue weighted by molar-refractivity contribution is -0.122. The molecule has 3 N–H and O–H groups in total. The lowest BCUT2D eigenvalue weighted by Crippen LogP contribution is -2.39. The Morgan fingerprint density at radius 3 is 2.94 bits per heavy atom. The van der Waals surface area contributed by atoms with Crippen LogP contribution in [-0.2, 0) is 11.3 Å². The number of nitrogens with two attached hydrogens (primary N) is 1. The van der Waals surface area contributed by atoms with E-state index in [1.807, 2.05) is 0 Å². The van der Waals surface area contributed by atoms with Crippen molar-refractivity contribution in [2.24, 2.45) is 5.73 Å². The zero-order valence-electron chi connectivity index (χ0n) is 9.64. The molecule has 1 aliphatic heterocycles. The van der Waals surface area contributed by atoms with E-state index in [0.717, 1.165) is 0 Å². The summed E-state index contributed by atoms with van der Waals surface area (Å²) in [5.74, 6) is -0.874. The van der Waals surface area contributed by atoms with Crippen LogP contribution in [0.15, 0.2) is 18.2 Å².